The molecule has 28 heavy (non-hydrogen) atoms. The third kappa shape index (κ3) is 4.29. The maximum Gasteiger partial charge on any atom is 0.229 e. The molecule has 1 aliphatic rings. The summed E-state index contributed by atoms with van der Waals surface area (Å²) in [6.07, 6.45) is 3.62. The average Bonchev–Trinajstić information content (AvgIpc) is 3.13. The molecule has 1 N–H and O–H groups in total. The van der Waals surface area contributed by atoms with Crippen molar-refractivity contribution >= 4 is 11.6 Å². The topological polar surface area (TPSA) is 45.2 Å². The first-order chi connectivity index (χ1) is 13.7. The lowest BCUT2D eigenvalue weighted by atomic mass is 9.89. The number of pyridine rings is 1. The SMILES string of the molecule is Cc1cccc(NC(=O)C2CN(Cc3ccccc3)CC2c2ccncc2)c1. The monoisotopic (exact) mass is 371 g/mol. The van der Waals surface area contributed by atoms with E-state index in [1.807, 2.05) is 61.8 Å². The molecule has 2 atom stereocenters. The number of likely N-dealkylation sites (tertiary alicyclic amines) is 1. The van der Waals surface area contributed by atoms with Gasteiger partial charge >= 0.3 is 0 Å². The third-order valence-electron chi connectivity index (χ3n) is 5.40. The van der Waals surface area contributed by atoms with Crippen molar-refractivity contribution in [2.45, 2.75) is 19.4 Å². The van der Waals surface area contributed by atoms with E-state index in [0.717, 1.165) is 30.9 Å². The van der Waals surface area contributed by atoms with E-state index < -0.39 is 0 Å². The molecule has 142 valence electrons. The van der Waals surface area contributed by atoms with Crippen LogP contribution in [0.25, 0.3) is 0 Å². The summed E-state index contributed by atoms with van der Waals surface area (Å²) in [5, 5.41) is 3.13. The Morgan fingerprint density at radius 1 is 1.04 bits per heavy atom. The van der Waals surface area contributed by atoms with E-state index in [1.54, 1.807) is 0 Å². The number of hydrogen-bond donors (Lipinski definition) is 1. The molecule has 0 spiro atoms. The highest BCUT2D eigenvalue weighted by molar-refractivity contribution is 5.93. The van der Waals surface area contributed by atoms with Gasteiger partial charge in [0, 0.05) is 43.6 Å². The Labute approximate surface area is 166 Å². The Hall–Kier alpha value is -2.98. The molecule has 0 saturated carbocycles. The molecule has 4 rings (SSSR count). The standard InChI is InChI=1S/C24H25N3O/c1-18-6-5-9-21(14-18)26-24(28)23-17-27(15-19-7-3-2-4-8-19)16-22(23)20-10-12-25-13-11-20/h2-14,22-23H,15-17H2,1H3,(H,26,28). The number of rotatable bonds is 5. The summed E-state index contributed by atoms with van der Waals surface area (Å²) in [6.45, 7) is 4.51. The van der Waals surface area contributed by atoms with Crippen LogP contribution in [-0.4, -0.2) is 28.9 Å². The molecular formula is C24H25N3O. The van der Waals surface area contributed by atoms with E-state index in [4.69, 9.17) is 0 Å². The normalized spacial score (nSPS) is 19.5. The minimum Gasteiger partial charge on any atom is -0.326 e. The van der Waals surface area contributed by atoms with Gasteiger partial charge in [-0.1, -0.05) is 42.5 Å². The molecule has 2 heterocycles. The summed E-state index contributed by atoms with van der Waals surface area (Å²) in [5.41, 5.74) is 4.45. The Morgan fingerprint density at radius 2 is 1.82 bits per heavy atom. The van der Waals surface area contributed by atoms with Gasteiger partial charge in [-0.2, -0.15) is 0 Å². The van der Waals surface area contributed by atoms with Crippen LogP contribution >= 0.6 is 0 Å². The van der Waals surface area contributed by atoms with Crippen molar-refractivity contribution in [3.8, 4) is 0 Å². The Kier molecular flexibility index (Phi) is 5.49. The maximum absolute atomic E-state index is 13.2. The van der Waals surface area contributed by atoms with E-state index in [-0.39, 0.29) is 17.7 Å². The number of nitrogens with one attached hydrogen (secondary N) is 1. The van der Waals surface area contributed by atoms with E-state index in [0.29, 0.717) is 0 Å². The zero-order valence-electron chi connectivity index (χ0n) is 16.1. The molecular weight excluding hydrogens is 346 g/mol. The average molecular weight is 371 g/mol. The molecule has 4 nitrogen and oxygen atoms in total. The van der Waals surface area contributed by atoms with Crippen LogP contribution in [0, 0.1) is 12.8 Å². The Bertz CT molecular complexity index is 927. The molecule has 1 amide bonds. The quantitative estimate of drug-likeness (QED) is 0.729. The number of carbonyl (C=O) groups is 1. The van der Waals surface area contributed by atoms with Crippen LogP contribution in [0.3, 0.4) is 0 Å². The first kappa shape index (κ1) is 18.4. The van der Waals surface area contributed by atoms with Gasteiger partial charge in [0.2, 0.25) is 5.91 Å². The van der Waals surface area contributed by atoms with Gasteiger partial charge in [0.25, 0.3) is 0 Å². The number of benzene rings is 2. The highest BCUT2D eigenvalue weighted by atomic mass is 16.2. The van der Waals surface area contributed by atoms with Crippen LogP contribution in [-0.2, 0) is 11.3 Å². The van der Waals surface area contributed by atoms with Gasteiger partial charge in [-0.3, -0.25) is 14.7 Å². The van der Waals surface area contributed by atoms with E-state index in [1.165, 1.54) is 11.1 Å². The smallest absolute Gasteiger partial charge is 0.229 e. The second-order valence-electron chi connectivity index (χ2n) is 7.53. The number of nitrogens with zero attached hydrogens (tertiary/aromatic N) is 2. The number of aryl methyl sites for hydroxylation is 1. The largest absolute Gasteiger partial charge is 0.326 e. The molecule has 0 radical (unpaired) electrons. The molecule has 0 aliphatic carbocycles. The second kappa shape index (κ2) is 8.36. The number of anilines is 1. The van der Waals surface area contributed by atoms with Gasteiger partial charge in [-0.05, 0) is 47.9 Å². The molecule has 1 aliphatic heterocycles. The fourth-order valence-corrected chi connectivity index (χ4v) is 4.03. The minimum atomic E-state index is -0.0911. The number of hydrogen-bond acceptors (Lipinski definition) is 3. The van der Waals surface area contributed by atoms with Crippen LogP contribution in [0.1, 0.15) is 22.6 Å². The van der Waals surface area contributed by atoms with Gasteiger partial charge in [-0.25, -0.2) is 0 Å². The molecule has 4 heteroatoms. The summed E-state index contributed by atoms with van der Waals surface area (Å²) in [5.74, 6) is 0.158. The summed E-state index contributed by atoms with van der Waals surface area (Å²) < 4.78 is 0. The van der Waals surface area contributed by atoms with Crippen LogP contribution in [0.2, 0.25) is 0 Å². The fraction of sp³-hybridized carbons (Fsp3) is 0.250. The van der Waals surface area contributed by atoms with Crippen molar-refractivity contribution in [3.63, 3.8) is 0 Å². The van der Waals surface area contributed by atoms with Crippen LogP contribution in [0.5, 0.6) is 0 Å². The highest BCUT2D eigenvalue weighted by Crippen LogP contribution is 2.34. The highest BCUT2D eigenvalue weighted by Gasteiger charge is 2.38. The van der Waals surface area contributed by atoms with Crippen molar-refractivity contribution in [2.75, 3.05) is 18.4 Å². The predicted molar refractivity (Wildman–Crippen MR) is 112 cm³/mol. The van der Waals surface area contributed by atoms with Gasteiger partial charge < -0.3 is 5.32 Å². The van der Waals surface area contributed by atoms with Crippen molar-refractivity contribution in [3.05, 3.63) is 95.8 Å². The lowest BCUT2D eigenvalue weighted by Crippen LogP contribution is -2.28. The molecule has 1 aromatic heterocycles. The third-order valence-corrected chi connectivity index (χ3v) is 5.40. The second-order valence-corrected chi connectivity index (χ2v) is 7.53. The molecule has 3 aromatic rings. The first-order valence-electron chi connectivity index (χ1n) is 9.73. The fourth-order valence-electron chi connectivity index (χ4n) is 4.03. The Balaban J connectivity index is 1.54. The van der Waals surface area contributed by atoms with Crippen LogP contribution in [0.4, 0.5) is 5.69 Å². The number of carbonyl (C=O) groups excluding carboxylic acids is 1. The van der Waals surface area contributed by atoms with Gasteiger partial charge in [0.1, 0.15) is 0 Å². The van der Waals surface area contributed by atoms with Gasteiger partial charge in [-0.15, -0.1) is 0 Å². The van der Waals surface area contributed by atoms with Crippen molar-refractivity contribution < 1.29 is 4.79 Å². The maximum atomic E-state index is 13.2. The zero-order chi connectivity index (χ0) is 19.3. The van der Waals surface area contributed by atoms with E-state index >= 15 is 0 Å². The molecule has 2 unspecified atom stereocenters. The summed E-state index contributed by atoms with van der Waals surface area (Å²) in [6, 6.07) is 22.5. The minimum absolute atomic E-state index is 0.0861. The zero-order valence-corrected chi connectivity index (χ0v) is 16.1. The lowest BCUT2D eigenvalue weighted by Gasteiger charge is -2.18. The molecule has 1 saturated heterocycles. The van der Waals surface area contributed by atoms with Gasteiger partial charge in [0.15, 0.2) is 0 Å². The van der Waals surface area contributed by atoms with E-state index in [9.17, 15) is 4.79 Å². The van der Waals surface area contributed by atoms with Crippen LogP contribution < -0.4 is 5.32 Å². The lowest BCUT2D eigenvalue weighted by molar-refractivity contribution is -0.119. The molecule has 1 fully saturated rings. The summed E-state index contributed by atoms with van der Waals surface area (Å²) in [4.78, 5) is 19.7. The predicted octanol–water partition coefficient (Wildman–Crippen LogP) is 4.24. The molecule has 2 aromatic carbocycles. The number of amides is 1. The van der Waals surface area contributed by atoms with Crippen LogP contribution in [0.15, 0.2) is 79.1 Å². The molecule has 0 bridgehead atoms. The Morgan fingerprint density at radius 3 is 2.57 bits per heavy atom. The number of aromatic nitrogens is 1. The van der Waals surface area contributed by atoms with Crippen molar-refractivity contribution in [1.82, 2.24) is 9.88 Å². The first-order valence-corrected chi connectivity index (χ1v) is 9.73. The van der Waals surface area contributed by atoms with Crippen molar-refractivity contribution in [1.29, 1.82) is 0 Å². The van der Waals surface area contributed by atoms with E-state index in [2.05, 4.69) is 39.5 Å². The van der Waals surface area contributed by atoms with Gasteiger partial charge in [0.05, 0.1) is 5.92 Å². The summed E-state index contributed by atoms with van der Waals surface area (Å²) in [7, 11) is 0. The van der Waals surface area contributed by atoms with Crippen molar-refractivity contribution in [2.24, 2.45) is 5.92 Å². The summed E-state index contributed by atoms with van der Waals surface area (Å²) >= 11 is 0.